The van der Waals surface area contributed by atoms with Crippen LogP contribution in [0.5, 0.6) is 0 Å². The normalized spacial score (nSPS) is 16.9. The van der Waals surface area contributed by atoms with Gasteiger partial charge in [-0.05, 0) is 43.5 Å². The van der Waals surface area contributed by atoms with Crippen molar-refractivity contribution in [2.24, 2.45) is 0 Å². The fraction of sp³-hybridized carbons (Fsp3) is 0.417. The van der Waals surface area contributed by atoms with E-state index in [2.05, 4.69) is 34.8 Å². The average Bonchev–Trinajstić information content (AvgIpc) is 3.36. The van der Waals surface area contributed by atoms with Crippen LogP contribution >= 0.6 is 0 Å². The van der Waals surface area contributed by atoms with E-state index in [-0.39, 0.29) is 23.1 Å². The fourth-order valence-corrected chi connectivity index (χ4v) is 4.43. The molecule has 1 aliphatic rings. The number of halogens is 3. The Kier molecular flexibility index (Phi) is 5.77. The number of nitrogens with zero attached hydrogens (tertiary/aromatic N) is 3. The number of benzene rings is 1. The van der Waals surface area contributed by atoms with Crippen molar-refractivity contribution in [1.82, 2.24) is 14.5 Å². The van der Waals surface area contributed by atoms with Gasteiger partial charge in [0.25, 0.3) is 5.91 Å². The maximum absolute atomic E-state index is 13.0. The van der Waals surface area contributed by atoms with Gasteiger partial charge in [-0.15, -0.1) is 0 Å². The van der Waals surface area contributed by atoms with Gasteiger partial charge in [0.05, 0.1) is 11.3 Å². The Morgan fingerprint density at radius 2 is 1.97 bits per heavy atom. The summed E-state index contributed by atoms with van der Waals surface area (Å²) in [7, 11) is 0. The summed E-state index contributed by atoms with van der Waals surface area (Å²) in [5.41, 5.74) is 1.82. The van der Waals surface area contributed by atoms with Crippen molar-refractivity contribution >= 4 is 16.8 Å². The van der Waals surface area contributed by atoms with Crippen LogP contribution in [0.3, 0.4) is 0 Å². The molecule has 1 fully saturated rings. The summed E-state index contributed by atoms with van der Waals surface area (Å²) in [4.78, 5) is 18.4. The monoisotopic (exact) mass is 429 g/mol. The lowest BCUT2D eigenvalue weighted by Crippen LogP contribution is -2.29. The van der Waals surface area contributed by atoms with Crippen LogP contribution < -0.4 is 0 Å². The second-order valence-corrected chi connectivity index (χ2v) is 8.21. The number of likely N-dealkylation sites (tertiary alicyclic amines) is 1. The maximum Gasteiger partial charge on any atom is 0.433 e. The molecule has 1 unspecified atom stereocenters. The quantitative estimate of drug-likeness (QED) is 0.515. The lowest BCUT2D eigenvalue weighted by molar-refractivity contribution is -0.141. The van der Waals surface area contributed by atoms with Gasteiger partial charge in [-0.3, -0.25) is 4.79 Å². The van der Waals surface area contributed by atoms with Gasteiger partial charge in [0.15, 0.2) is 0 Å². The molecule has 31 heavy (non-hydrogen) atoms. The summed E-state index contributed by atoms with van der Waals surface area (Å²) < 4.78 is 41.0. The number of aromatic nitrogens is 2. The summed E-state index contributed by atoms with van der Waals surface area (Å²) >= 11 is 0. The third kappa shape index (κ3) is 4.18. The molecular weight excluding hydrogens is 403 g/mol. The van der Waals surface area contributed by atoms with E-state index in [9.17, 15) is 18.0 Å². The first-order valence-electron chi connectivity index (χ1n) is 10.7. The minimum atomic E-state index is -4.52. The molecule has 4 nitrogen and oxygen atoms in total. The van der Waals surface area contributed by atoms with Crippen molar-refractivity contribution in [3.05, 3.63) is 65.1 Å². The van der Waals surface area contributed by atoms with E-state index in [1.807, 2.05) is 12.1 Å². The number of rotatable bonds is 5. The zero-order valence-electron chi connectivity index (χ0n) is 17.7. The maximum atomic E-state index is 13.0. The number of aryl methyl sites for hydroxylation is 2. The van der Waals surface area contributed by atoms with Gasteiger partial charge in [0.1, 0.15) is 5.69 Å². The van der Waals surface area contributed by atoms with Crippen LogP contribution in [-0.2, 0) is 12.7 Å². The smallest absolute Gasteiger partial charge is 0.347 e. The number of hydrogen-bond acceptors (Lipinski definition) is 2. The van der Waals surface area contributed by atoms with E-state index in [0.29, 0.717) is 13.1 Å². The molecule has 3 aromatic rings. The Morgan fingerprint density at radius 1 is 1.19 bits per heavy atom. The predicted octanol–water partition coefficient (Wildman–Crippen LogP) is 5.79. The highest BCUT2D eigenvalue weighted by Gasteiger charge is 2.34. The number of fused-ring (bicyclic) bond motifs is 1. The highest BCUT2D eigenvalue weighted by molar-refractivity contribution is 5.95. The first-order valence-corrected chi connectivity index (χ1v) is 10.7. The number of pyridine rings is 1. The number of carbonyl (C=O) groups is 1. The molecule has 0 bridgehead atoms. The molecule has 2 aromatic heterocycles. The molecule has 0 N–H and O–H groups in total. The van der Waals surface area contributed by atoms with E-state index >= 15 is 0 Å². The van der Waals surface area contributed by atoms with Crippen molar-refractivity contribution in [2.45, 2.75) is 51.7 Å². The minimum absolute atomic E-state index is 0.111. The van der Waals surface area contributed by atoms with Gasteiger partial charge < -0.3 is 9.47 Å². The van der Waals surface area contributed by atoms with Gasteiger partial charge in [0.2, 0.25) is 0 Å². The predicted molar refractivity (Wildman–Crippen MR) is 114 cm³/mol. The molecule has 0 radical (unpaired) electrons. The van der Waals surface area contributed by atoms with Crippen molar-refractivity contribution in [1.29, 1.82) is 0 Å². The Bertz CT molecular complexity index is 1100. The van der Waals surface area contributed by atoms with E-state index < -0.39 is 11.9 Å². The molecule has 0 aliphatic carbocycles. The molecule has 0 spiro atoms. The van der Waals surface area contributed by atoms with Crippen molar-refractivity contribution in [3.8, 4) is 0 Å². The van der Waals surface area contributed by atoms with Crippen LogP contribution in [0.4, 0.5) is 13.2 Å². The highest BCUT2D eigenvalue weighted by atomic mass is 19.4. The van der Waals surface area contributed by atoms with Gasteiger partial charge in [0, 0.05) is 42.7 Å². The second-order valence-electron chi connectivity index (χ2n) is 8.21. The van der Waals surface area contributed by atoms with Gasteiger partial charge in [-0.25, -0.2) is 4.98 Å². The van der Waals surface area contributed by atoms with Crippen LogP contribution in [0.2, 0.25) is 0 Å². The second kappa shape index (κ2) is 8.36. The van der Waals surface area contributed by atoms with Crippen LogP contribution in [0.1, 0.15) is 59.4 Å². The molecule has 1 aromatic carbocycles. The first kappa shape index (κ1) is 21.4. The number of carbonyl (C=O) groups excluding carboxylic acids is 1. The number of unbranched alkanes of at least 4 members (excludes halogenated alkanes) is 1. The molecule has 1 aliphatic heterocycles. The summed E-state index contributed by atoms with van der Waals surface area (Å²) in [6.07, 6.45) is 0.753. The van der Waals surface area contributed by atoms with Crippen LogP contribution in [0, 0.1) is 6.92 Å². The van der Waals surface area contributed by atoms with Crippen molar-refractivity contribution < 1.29 is 18.0 Å². The van der Waals surface area contributed by atoms with E-state index in [1.165, 1.54) is 29.5 Å². The Balaban J connectivity index is 1.56. The van der Waals surface area contributed by atoms with Crippen molar-refractivity contribution in [2.75, 3.05) is 13.1 Å². The molecule has 0 saturated carbocycles. The number of hydrogen-bond donors (Lipinski definition) is 0. The highest BCUT2D eigenvalue weighted by Crippen LogP contribution is 2.35. The lowest BCUT2D eigenvalue weighted by Gasteiger charge is -2.18. The van der Waals surface area contributed by atoms with E-state index in [4.69, 9.17) is 0 Å². The molecule has 3 heterocycles. The minimum Gasteiger partial charge on any atom is -0.347 e. The molecule has 164 valence electrons. The third-order valence-corrected chi connectivity index (χ3v) is 6.09. The van der Waals surface area contributed by atoms with Gasteiger partial charge in [-0.2, -0.15) is 13.2 Å². The van der Waals surface area contributed by atoms with E-state index in [1.54, 1.807) is 4.90 Å². The molecular formula is C24H26F3N3O. The lowest BCUT2D eigenvalue weighted by atomic mass is 9.98. The zero-order valence-corrected chi connectivity index (χ0v) is 17.7. The van der Waals surface area contributed by atoms with Crippen LogP contribution in [-0.4, -0.2) is 33.4 Å². The Morgan fingerprint density at radius 3 is 2.68 bits per heavy atom. The molecule has 4 rings (SSSR count). The summed E-state index contributed by atoms with van der Waals surface area (Å²) in [5, 5.41) is 1.21. The van der Waals surface area contributed by atoms with Crippen LogP contribution in [0.15, 0.2) is 42.6 Å². The number of para-hydroxylation sites is 1. The molecule has 1 amide bonds. The summed E-state index contributed by atoms with van der Waals surface area (Å²) in [6.45, 7) is 5.73. The number of alkyl halides is 3. The molecule has 1 atom stereocenters. The standard InChI is InChI=1S/C24H26F3N3O/c1-3-4-12-29-15-20(19-7-5-6-8-21(19)29)17-11-13-30(14-17)23(31)18-9-10-22(24(25,26)27)28-16(18)2/h5-10,15,17H,3-4,11-14H2,1-2H3. The summed E-state index contributed by atoms with van der Waals surface area (Å²) in [5.74, 6) is -0.0459. The molecule has 1 saturated heterocycles. The largest absolute Gasteiger partial charge is 0.433 e. The van der Waals surface area contributed by atoms with Crippen molar-refractivity contribution in [3.63, 3.8) is 0 Å². The third-order valence-electron chi connectivity index (χ3n) is 6.09. The Hall–Kier alpha value is -2.83. The number of amides is 1. The van der Waals surface area contributed by atoms with Gasteiger partial charge >= 0.3 is 6.18 Å². The average molecular weight is 429 g/mol. The SMILES string of the molecule is CCCCn1cc(C2CCN(C(=O)c3ccc(C(F)(F)F)nc3C)C2)c2ccccc21. The Labute approximate surface area is 179 Å². The molecule has 7 heteroatoms. The van der Waals surface area contributed by atoms with E-state index in [0.717, 1.165) is 31.9 Å². The zero-order chi connectivity index (χ0) is 22.2. The van der Waals surface area contributed by atoms with Crippen LogP contribution in [0.25, 0.3) is 10.9 Å². The summed E-state index contributed by atoms with van der Waals surface area (Å²) in [6, 6.07) is 10.5. The first-order chi connectivity index (χ1) is 14.8. The fourth-order valence-electron chi connectivity index (χ4n) is 4.43. The topological polar surface area (TPSA) is 38.1 Å². The van der Waals surface area contributed by atoms with Gasteiger partial charge in [-0.1, -0.05) is 31.5 Å².